The molecule has 0 heterocycles. The van der Waals surface area contributed by atoms with Crippen molar-refractivity contribution in [2.75, 3.05) is 6.61 Å². The molecule has 27 heavy (non-hydrogen) atoms. The van der Waals surface area contributed by atoms with Crippen LogP contribution in [-0.4, -0.2) is 6.61 Å². The summed E-state index contributed by atoms with van der Waals surface area (Å²) >= 11 is 0. The van der Waals surface area contributed by atoms with Crippen molar-refractivity contribution < 1.29 is 4.74 Å². The van der Waals surface area contributed by atoms with Gasteiger partial charge in [-0.15, -0.1) is 0 Å². The molecule has 0 bridgehead atoms. The third kappa shape index (κ3) is 3.65. The van der Waals surface area contributed by atoms with Crippen LogP contribution in [0.3, 0.4) is 0 Å². The summed E-state index contributed by atoms with van der Waals surface area (Å²) < 4.78 is 5.91. The smallest absolute Gasteiger partial charge is 0.127 e. The van der Waals surface area contributed by atoms with Gasteiger partial charge in [0.05, 0.1) is 6.61 Å². The van der Waals surface area contributed by atoms with Gasteiger partial charge in [0.1, 0.15) is 12.3 Å². The Hall–Kier alpha value is -2.16. The fourth-order valence-electron chi connectivity index (χ4n) is 4.25. The molecule has 0 radical (unpaired) electrons. The molecular formula is C24H31NO2. The SMILES string of the molecule is CCOc1ccc(CN=O)cc1-c1cc2c(cc1C)C(C)(C)CCC2(C)C. The fourth-order valence-corrected chi connectivity index (χ4v) is 4.25. The average Bonchev–Trinajstić information content (AvgIpc) is 2.61. The quantitative estimate of drug-likeness (QED) is 0.555. The molecule has 3 rings (SSSR count). The van der Waals surface area contributed by atoms with Crippen LogP contribution in [-0.2, 0) is 17.4 Å². The fraction of sp³-hybridized carbons (Fsp3) is 0.500. The molecule has 144 valence electrons. The molecule has 0 N–H and O–H groups in total. The number of aryl methyl sites for hydroxylation is 1. The molecule has 1 aliphatic carbocycles. The minimum Gasteiger partial charge on any atom is -0.493 e. The summed E-state index contributed by atoms with van der Waals surface area (Å²) in [4.78, 5) is 10.8. The number of nitrogens with zero attached hydrogens (tertiary/aromatic N) is 1. The standard InChI is InChI=1S/C24H31NO2/c1-7-27-22-9-8-17(15-25-26)13-19(22)18-14-21-20(12-16(18)2)23(3,4)10-11-24(21,5)6/h8-9,12-14H,7,10-11,15H2,1-6H3. The molecule has 0 fully saturated rings. The molecule has 0 amide bonds. The highest BCUT2D eigenvalue weighted by Crippen LogP contribution is 2.48. The summed E-state index contributed by atoms with van der Waals surface area (Å²) in [6.45, 7) is 14.4. The van der Waals surface area contributed by atoms with E-state index in [0.29, 0.717) is 6.61 Å². The van der Waals surface area contributed by atoms with Crippen molar-refractivity contribution in [2.24, 2.45) is 5.18 Å². The van der Waals surface area contributed by atoms with Crippen molar-refractivity contribution >= 4 is 0 Å². The zero-order valence-electron chi connectivity index (χ0n) is 17.5. The maximum absolute atomic E-state index is 10.8. The van der Waals surface area contributed by atoms with Crippen molar-refractivity contribution in [1.82, 2.24) is 0 Å². The van der Waals surface area contributed by atoms with Crippen molar-refractivity contribution in [3.63, 3.8) is 0 Å². The predicted octanol–water partition coefficient (Wildman–Crippen LogP) is 6.68. The highest BCUT2D eigenvalue weighted by Gasteiger charge is 2.37. The molecule has 0 saturated heterocycles. The molecule has 3 heteroatoms. The van der Waals surface area contributed by atoms with Gasteiger partial charge in [-0.3, -0.25) is 0 Å². The van der Waals surface area contributed by atoms with Crippen molar-refractivity contribution in [2.45, 2.75) is 71.8 Å². The van der Waals surface area contributed by atoms with E-state index in [1.165, 1.54) is 35.1 Å². The van der Waals surface area contributed by atoms with E-state index in [4.69, 9.17) is 4.74 Å². The monoisotopic (exact) mass is 365 g/mol. The van der Waals surface area contributed by atoms with Crippen molar-refractivity contribution in [3.8, 4) is 16.9 Å². The number of fused-ring (bicyclic) bond motifs is 1. The van der Waals surface area contributed by atoms with Gasteiger partial charge in [-0.05, 0) is 83.5 Å². The van der Waals surface area contributed by atoms with Crippen molar-refractivity contribution in [3.05, 3.63) is 57.5 Å². The van der Waals surface area contributed by atoms with E-state index in [0.717, 1.165) is 16.9 Å². The van der Waals surface area contributed by atoms with Gasteiger partial charge in [-0.1, -0.05) is 45.0 Å². The Bertz CT molecular complexity index is 865. The summed E-state index contributed by atoms with van der Waals surface area (Å²) in [6, 6.07) is 10.7. The molecule has 0 unspecified atom stereocenters. The molecule has 2 aromatic carbocycles. The largest absolute Gasteiger partial charge is 0.493 e. The van der Waals surface area contributed by atoms with Gasteiger partial charge in [0.15, 0.2) is 0 Å². The Kier molecular flexibility index (Phi) is 5.16. The summed E-state index contributed by atoms with van der Waals surface area (Å²) in [5.74, 6) is 0.864. The van der Waals surface area contributed by atoms with Crippen LogP contribution in [0, 0.1) is 11.8 Å². The first kappa shape index (κ1) is 19.6. The normalized spacial score (nSPS) is 17.3. The lowest BCUT2D eigenvalue weighted by Crippen LogP contribution is -2.34. The molecule has 0 saturated carbocycles. The molecular weight excluding hydrogens is 334 g/mol. The number of hydrogen-bond acceptors (Lipinski definition) is 3. The number of benzene rings is 2. The molecule has 3 nitrogen and oxygen atoms in total. The van der Waals surface area contributed by atoms with Crippen LogP contribution in [0.4, 0.5) is 0 Å². The Morgan fingerprint density at radius 3 is 2.19 bits per heavy atom. The highest BCUT2D eigenvalue weighted by molar-refractivity contribution is 5.76. The van der Waals surface area contributed by atoms with Crippen LogP contribution in [0.25, 0.3) is 11.1 Å². The van der Waals surface area contributed by atoms with Gasteiger partial charge >= 0.3 is 0 Å². The number of nitroso groups, excluding NO2 is 1. The van der Waals surface area contributed by atoms with Gasteiger partial charge in [0.2, 0.25) is 0 Å². The Balaban J connectivity index is 2.24. The van der Waals surface area contributed by atoms with E-state index in [9.17, 15) is 4.91 Å². The molecule has 0 aromatic heterocycles. The first-order valence-electron chi connectivity index (χ1n) is 9.90. The topological polar surface area (TPSA) is 38.7 Å². The first-order chi connectivity index (χ1) is 12.7. The van der Waals surface area contributed by atoms with E-state index >= 15 is 0 Å². The summed E-state index contributed by atoms with van der Waals surface area (Å²) in [5.41, 5.74) is 7.65. The second kappa shape index (κ2) is 7.10. The lowest BCUT2D eigenvalue weighted by molar-refractivity contribution is 0.331. The molecule has 0 aliphatic heterocycles. The van der Waals surface area contributed by atoms with Gasteiger partial charge < -0.3 is 4.74 Å². The molecule has 0 atom stereocenters. The second-order valence-electron chi connectivity index (χ2n) is 9.03. The number of hydrogen-bond donors (Lipinski definition) is 0. The molecule has 1 aliphatic rings. The van der Waals surface area contributed by atoms with E-state index in [2.05, 4.69) is 58.0 Å². The number of rotatable bonds is 5. The lowest BCUT2D eigenvalue weighted by atomic mass is 9.62. The summed E-state index contributed by atoms with van der Waals surface area (Å²) in [5, 5.41) is 3.06. The van der Waals surface area contributed by atoms with Gasteiger partial charge in [-0.2, -0.15) is 4.91 Å². The zero-order valence-corrected chi connectivity index (χ0v) is 17.5. The first-order valence-corrected chi connectivity index (χ1v) is 9.90. The molecule has 0 spiro atoms. The van der Waals surface area contributed by atoms with Gasteiger partial charge in [-0.25, -0.2) is 0 Å². The van der Waals surface area contributed by atoms with E-state index in [1.54, 1.807) is 0 Å². The van der Waals surface area contributed by atoms with Crippen LogP contribution < -0.4 is 4.74 Å². The highest BCUT2D eigenvalue weighted by atomic mass is 16.5. The molecule has 2 aromatic rings. The third-order valence-electron chi connectivity index (χ3n) is 6.08. The van der Waals surface area contributed by atoms with E-state index in [-0.39, 0.29) is 17.4 Å². The zero-order chi connectivity index (χ0) is 19.8. The van der Waals surface area contributed by atoms with Crippen LogP contribution in [0.1, 0.15) is 69.7 Å². The van der Waals surface area contributed by atoms with Crippen LogP contribution in [0.2, 0.25) is 0 Å². The average molecular weight is 366 g/mol. The maximum Gasteiger partial charge on any atom is 0.127 e. The van der Waals surface area contributed by atoms with Crippen LogP contribution in [0.15, 0.2) is 35.5 Å². The van der Waals surface area contributed by atoms with Crippen LogP contribution in [0.5, 0.6) is 5.75 Å². The van der Waals surface area contributed by atoms with E-state index in [1.807, 2.05) is 19.1 Å². The van der Waals surface area contributed by atoms with Gasteiger partial charge in [0.25, 0.3) is 0 Å². The Labute approximate surface area is 163 Å². The predicted molar refractivity (Wildman–Crippen MR) is 113 cm³/mol. The Morgan fingerprint density at radius 1 is 0.963 bits per heavy atom. The van der Waals surface area contributed by atoms with Crippen LogP contribution >= 0.6 is 0 Å². The summed E-state index contributed by atoms with van der Waals surface area (Å²) in [6.07, 6.45) is 2.39. The van der Waals surface area contributed by atoms with E-state index < -0.39 is 0 Å². The second-order valence-corrected chi connectivity index (χ2v) is 9.03. The van der Waals surface area contributed by atoms with Gasteiger partial charge in [0, 0.05) is 5.56 Å². The maximum atomic E-state index is 10.8. The minimum atomic E-state index is 0.154. The third-order valence-corrected chi connectivity index (χ3v) is 6.08. The van der Waals surface area contributed by atoms with Crippen molar-refractivity contribution in [1.29, 1.82) is 0 Å². The minimum absolute atomic E-state index is 0.154. The Morgan fingerprint density at radius 2 is 1.59 bits per heavy atom. The number of ether oxygens (including phenoxy) is 1. The summed E-state index contributed by atoms with van der Waals surface area (Å²) in [7, 11) is 0. The lowest BCUT2D eigenvalue weighted by Gasteiger charge is -2.42.